The lowest BCUT2D eigenvalue weighted by Crippen LogP contribution is -2.43. The van der Waals surface area contributed by atoms with E-state index in [0.29, 0.717) is 24.4 Å². The number of amides is 2. The molecule has 11 heteroatoms. The van der Waals surface area contributed by atoms with Crippen LogP contribution < -0.4 is 5.32 Å². The van der Waals surface area contributed by atoms with Crippen LogP contribution >= 0.6 is 11.3 Å². The number of nitrogens with one attached hydrogen (secondary N) is 1. The standard InChI is InChI=1S/C18H20F3N3O4S/c1-11-23-14(9-29-11)15-3-2-13(28-15)8-22-16(25)12-4-6-24(7-5-12)17(26)27-10-18(19,20)21/h2-3,9,12H,4-8,10H2,1H3,(H,22,25). The number of hydrogen-bond acceptors (Lipinski definition) is 6. The molecule has 1 saturated heterocycles. The summed E-state index contributed by atoms with van der Waals surface area (Å²) in [6.45, 7) is 0.846. The second-order valence-corrected chi connectivity index (χ2v) is 7.73. The van der Waals surface area contributed by atoms with Gasteiger partial charge >= 0.3 is 12.3 Å². The summed E-state index contributed by atoms with van der Waals surface area (Å²) in [4.78, 5) is 29.5. The van der Waals surface area contributed by atoms with Gasteiger partial charge in [-0.25, -0.2) is 9.78 Å². The molecule has 2 amide bonds. The normalized spacial score (nSPS) is 15.4. The highest BCUT2D eigenvalue weighted by Crippen LogP contribution is 2.24. The maximum atomic E-state index is 12.3. The van der Waals surface area contributed by atoms with Crippen molar-refractivity contribution in [2.75, 3.05) is 19.7 Å². The van der Waals surface area contributed by atoms with Crippen LogP contribution in [0.1, 0.15) is 23.6 Å². The summed E-state index contributed by atoms with van der Waals surface area (Å²) in [5, 5.41) is 5.62. The van der Waals surface area contributed by atoms with Crippen molar-refractivity contribution in [1.29, 1.82) is 0 Å². The maximum Gasteiger partial charge on any atom is 0.422 e. The SMILES string of the molecule is Cc1nc(-c2ccc(CNC(=O)C3CCN(C(=O)OCC(F)(F)F)CC3)o2)cs1. The average Bonchev–Trinajstić information content (AvgIpc) is 3.32. The highest BCUT2D eigenvalue weighted by Gasteiger charge is 2.32. The van der Waals surface area contributed by atoms with Gasteiger partial charge in [0, 0.05) is 24.4 Å². The fourth-order valence-electron chi connectivity index (χ4n) is 2.96. The van der Waals surface area contributed by atoms with Crippen LogP contribution in [-0.4, -0.2) is 47.8 Å². The zero-order valence-corrected chi connectivity index (χ0v) is 16.4. The first-order valence-electron chi connectivity index (χ1n) is 8.98. The molecule has 1 aliphatic rings. The lowest BCUT2D eigenvalue weighted by Gasteiger charge is -2.30. The topological polar surface area (TPSA) is 84.7 Å². The number of thiazole rings is 1. The van der Waals surface area contributed by atoms with Crippen LogP contribution in [-0.2, 0) is 16.1 Å². The van der Waals surface area contributed by atoms with Gasteiger partial charge in [0.25, 0.3) is 0 Å². The lowest BCUT2D eigenvalue weighted by molar-refractivity contribution is -0.162. The minimum atomic E-state index is -4.56. The van der Waals surface area contributed by atoms with Gasteiger partial charge in [0.05, 0.1) is 11.6 Å². The molecule has 2 aromatic heterocycles. The first-order chi connectivity index (χ1) is 13.7. The van der Waals surface area contributed by atoms with Gasteiger partial charge in [-0.05, 0) is 31.9 Å². The molecule has 0 unspecified atom stereocenters. The molecule has 0 aromatic carbocycles. The second kappa shape index (κ2) is 8.85. The molecule has 0 aliphatic carbocycles. The Morgan fingerprint density at radius 1 is 1.34 bits per heavy atom. The molecule has 7 nitrogen and oxygen atoms in total. The molecule has 3 heterocycles. The molecular weight excluding hydrogens is 411 g/mol. The van der Waals surface area contributed by atoms with E-state index in [9.17, 15) is 22.8 Å². The van der Waals surface area contributed by atoms with Gasteiger partial charge in [-0.1, -0.05) is 0 Å². The van der Waals surface area contributed by atoms with Crippen molar-refractivity contribution in [3.8, 4) is 11.5 Å². The number of carbonyl (C=O) groups is 2. The Morgan fingerprint density at radius 2 is 2.07 bits per heavy atom. The van der Waals surface area contributed by atoms with Gasteiger partial charge in [-0.2, -0.15) is 13.2 Å². The van der Waals surface area contributed by atoms with Gasteiger partial charge in [0.15, 0.2) is 12.4 Å². The number of aryl methyl sites for hydroxylation is 1. The molecule has 0 bridgehead atoms. The summed E-state index contributed by atoms with van der Waals surface area (Å²) >= 11 is 1.52. The number of hydrogen-bond donors (Lipinski definition) is 1. The number of aromatic nitrogens is 1. The van der Waals surface area contributed by atoms with Crippen molar-refractivity contribution in [2.24, 2.45) is 5.92 Å². The van der Waals surface area contributed by atoms with Crippen molar-refractivity contribution < 1.29 is 31.9 Å². The van der Waals surface area contributed by atoms with Crippen LogP contribution in [0.4, 0.5) is 18.0 Å². The van der Waals surface area contributed by atoms with Gasteiger partial charge in [0.2, 0.25) is 5.91 Å². The second-order valence-electron chi connectivity index (χ2n) is 6.67. The molecule has 1 N–H and O–H groups in total. The third kappa shape index (κ3) is 5.96. The number of nitrogens with zero attached hydrogens (tertiary/aromatic N) is 2. The molecule has 0 atom stereocenters. The summed E-state index contributed by atoms with van der Waals surface area (Å²) in [6, 6.07) is 3.56. The Morgan fingerprint density at radius 3 is 2.69 bits per heavy atom. The fourth-order valence-corrected chi connectivity index (χ4v) is 3.57. The third-order valence-electron chi connectivity index (χ3n) is 4.45. The zero-order valence-electron chi connectivity index (χ0n) is 15.6. The summed E-state index contributed by atoms with van der Waals surface area (Å²) in [6.07, 6.45) is -4.86. The molecule has 0 spiro atoms. The first kappa shape index (κ1) is 21.2. The van der Waals surface area contributed by atoms with Crippen LogP contribution in [0, 0.1) is 12.8 Å². The number of furan rings is 1. The van der Waals surface area contributed by atoms with Crippen molar-refractivity contribution in [3.63, 3.8) is 0 Å². The van der Waals surface area contributed by atoms with Crippen LogP contribution in [0.2, 0.25) is 0 Å². The fraction of sp³-hybridized carbons (Fsp3) is 0.500. The van der Waals surface area contributed by atoms with Crippen molar-refractivity contribution in [2.45, 2.75) is 32.5 Å². The number of ether oxygens (including phenoxy) is 1. The van der Waals surface area contributed by atoms with Crippen LogP contribution in [0.5, 0.6) is 0 Å². The quantitative estimate of drug-likeness (QED) is 0.780. The van der Waals surface area contributed by atoms with Gasteiger partial charge in [-0.15, -0.1) is 11.3 Å². The van der Waals surface area contributed by atoms with Gasteiger partial charge in [0.1, 0.15) is 11.5 Å². The van der Waals surface area contributed by atoms with Crippen molar-refractivity contribution >= 4 is 23.3 Å². The van der Waals surface area contributed by atoms with E-state index in [1.54, 1.807) is 12.1 Å². The van der Waals surface area contributed by atoms with E-state index >= 15 is 0 Å². The van der Waals surface area contributed by atoms with E-state index in [2.05, 4.69) is 15.0 Å². The van der Waals surface area contributed by atoms with Gasteiger partial charge in [-0.3, -0.25) is 4.79 Å². The molecular formula is C18H20F3N3O4S. The number of piperidine rings is 1. The van der Waals surface area contributed by atoms with E-state index in [-0.39, 0.29) is 31.5 Å². The molecule has 29 heavy (non-hydrogen) atoms. The number of likely N-dealkylation sites (tertiary alicyclic amines) is 1. The highest BCUT2D eigenvalue weighted by atomic mass is 32.1. The van der Waals surface area contributed by atoms with E-state index in [1.807, 2.05) is 12.3 Å². The Kier molecular flexibility index (Phi) is 6.46. The Hall–Kier alpha value is -2.56. The minimum Gasteiger partial charge on any atom is -0.458 e. The van der Waals surface area contributed by atoms with Crippen LogP contribution in [0.3, 0.4) is 0 Å². The summed E-state index contributed by atoms with van der Waals surface area (Å²) in [5.41, 5.74) is 0.745. The minimum absolute atomic E-state index is 0.169. The average molecular weight is 431 g/mol. The molecule has 1 fully saturated rings. The molecule has 0 radical (unpaired) electrons. The van der Waals surface area contributed by atoms with Crippen LogP contribution in [0.15, 0.2) is 21.9 Å². The summed E-state index contributed by atoms with van der Waals surface area (Å²) < 4.78 is 46.3. The lowest BCUT2D eigenvalue weighted by atomic mass is 9.96. The van der Waals surface area contributed by atoms with Gasteiger partial charge < -0.3 is 19.4 Å². The Bertz CT molecular complexity index is 857. The molecule has 1 aliphatic heterocycles. The van der Waals surface area contributed by atoms with E-state index < -0.39 is 18.9 Å². The third-order valence-corrected chi connectivity index (χ3v) is 5.23. The molecule has 2 aromatic rings. The highest BCUT2D eigenvalue weighted by molar-refractivity contribution is 7.09. The Labute approximate surface area is 168 Å². The number of rotatable bonds is 5. The van der Waals surface area contributed by atoms with Crippen molar-refractivity contribution in [1.82, 2.24) is 15.2 Å². The largest absolute Gasteiger partial charge is 0.458 e. The van der Waals surface area contributed by atoms with E-state index in [4.69, 9.17) is 4.42 Å². The predicted molar refractivity (Wildman–Crippen MR) is 98.1 cm³/mol. The predicted octanol–water partition coefficient (Wildman–Crippen LogP) is 3.74. The molecule has 3 rings (SSSR count). The number of halogens is 3. The monoisotopic (exact) mass is 431 g/mol. The van der Waals surface area contributed by atoms with Crippen molar-refractivity contribution in [3.05, 3.63) is 28.3 Å². The van der Waals surface area contributed by atoms with E-state index in [1.165, 1.54) is 16.2 Å². The zero-order chi connectivity index (χ0) is 21.0. The summed E-state index contributed by atoms with van der Waals surface area (Å²) in [5.74, 6) is 0.712. The first-order valence-corrected chi connectivity index (χ1v) is 9.86. The number of alkyl halides is 3. The number of carbonyl (C=O) groups excluding carboxylic acids is 2. The van der Waals surface area contributed by atoms with Crippen LogP contribution in [0.25, 0.3) is 11.5 Å². The summed E-state index contributed by atoms with van der Waals surface area (Å²) in [7, 11) is 0. The van der Waals surface area contributed by atoms with E-state index in [0.717, 1.165) is 10.7 Å². The molecule has 158 valence electrons. The Balaban J connectivity index is 1.42. The molecule has 0 saturated carbocycles. The smallest absolute Gasteiger partial charge is 0.422 e. The maximum absolute atomic E-state index is 12.3.